The number of halogens is 1. The van der Waals surface area contributed by atoms with E-state index in [1.54, 1.807) is 0 Å². The van der Waals surface area contributed by atoms with Crippen LogP contribution in [-0.4, -0.2) is 0 Å². The summed E-state index contributed by atoms with van der Waals surface area (Å²) in [5, 5.41) is 1.07. The van der Waals surface area contributed by atoms with Gasteiger partial charge < -0.3 is 10.2 Å². The third kappa shape index (κ3) is 2.89. The molecule has 108 valence electrons. The Kier molecular flexibility index (Phi) is 4.13. The van der Waals surface area contributed by atoms with E-state index >= 15 is 0 Å². The van der Waals surface area contributed by atoms with E-state index in [1.807, 2.05) is 24.3 Å². The molecule has 1 unspecified atom stereocenters. The van der Waals surface area contributed by atoms with E-state index in [0.29, 0.717) is 0 Å². The molecule has 0 radical (unpaired) electrons. The Hall–Kier alpha value is -1.58. The van der Waals surface area contributed by atoms with Crippen molar-refractivity contribution in [2.24, 2.45) is 5.73 Å². The highest BCUT2D eigenvalue weighted by atomic mass is 79.9. The Bertz CT molecular complexity index is 746. The van der Waals surface area contributed by atoms with E-state index in [2.05, 4.69) is 47.1 Å². The number of aryl methyl sites for hydroxylation is 1. The van der Waals surface area contributed by atoms with Crippen molar-refractivity contribution < 1.29 is 4.42 Å². The van der Waals surface area contributed by atoms with Crippen LogP contribution in [0.1, 0.15) is 36.3 Å². The summed E-state index contributed by atoms with van der Waals surface area (Å²) < 4.78 is 6.88. The first-order chi connectivity index (χ1) is 10.2. The van der Waals surface area contributed by atoms with Crippen LogP contribution in [0.4, 0.5) is 0 Å². The third-order valence-corrected chi connectivity index (χ3v) is 4.32. The summed E-state index contributed by atoms with van der Waals surface area (Å²) in [7, 11) is 0. The van der Waals surface area contributed by atoms with Crippen LogP contribution in [0.25, 0.3) is 11.0 Å². The van der Waals surface area contributed by atoms with Crippen LogP contribution in [0.3, 0.4) is 0 Å². The smallest absolute Gasteiger partial charge is 0.148 e. The summed E-state index contributed by atoms with van der Waals surface area (Å²) in [4.78, 5) is 0. The number of hydrogen-bond acceptors (Lipinski definition) is 2. The van der Waals surface area contributed by atoms with Crippen LogP contribution in [-0.2, 0) is 6.42 Å². The van der Waals surface area contributed by atoms with Crippen LogP contribution < -0.4 is 5.73 Å². The lowest BCUT2D eigenvalue weighted by atomic mass is 10.0. The van der Waals surface area contributed by atoms with Gasteiger partial charge in [0.2, 0.25) is 0 Å². The van der Waals surface area contributed by atoms with Gasteiger partial charge in [0.1, 0.15) is 11.3 Å². The summed E-state index contributed by atoms with van der Waals surface area (Å²) >= 11 is 3.51. The predicted molar refractivity (Wildman–Crippen MR) is 90.4 cm³/mol. The van der Waals surface area contributed by atoms with E-state index in [1.165, 1.54) is 5.56 Å². The molecule has 3 heteroatoms. The summed E-state index contributed by atoms with van der Waals surface area (Å²) in [5.41, 5.74) is 9.62. The van der Waals surface area contributed by atoms with E-state index in [-0.39, 0.29) is 6.04 Å². The lowest BCUT2D eigenvalue weighted by molar-refractivity contribution is 0.524. The zero-order valence-corrected chi connectivity index (χ0v) is 13.6. The Morgan fingerprint density at radius 1 is 1.14 bits per heavy atom. The molecule has 21 heavy (non-hydrogen) atoms. The second kappa shape index (κ2) is 6.04. The molecular formula is C18H18BrNO. The molecular weight excluding hydrogens is 326 g/mol. The van der Waals surface area contributed by atoms with Crippen LogP contribution >= 0.6 is 15.9 Å². The molecule has 2 nitrogen and oxygen atoms in total. The second-order valence-corrected chi connectivity index (χ2v) is 6.13. The molecule has 0 bridgehead atoms. The molecule has 2 N–H and O–H groups in total. The highest BCUT2D eigenvalue weighted by Crippen LogP contribution is 2.31. The quantitative estimate of drug-likeness (QED) is 0.707. The zero-order valence-electron chi connectivity index (χ0n) is 12.0. The standard InChI is InChI=1S/C18H18BrNO/c1-2-4-12-7-9-13(10-8-12)17(20)16-11-14-5-3-6-15(19)18(14)21-16/h3,5-11,17H,2,4,20H2,1H3. The van der Waals surface area contributed by atoms with Crippen molar-refractivity contribution >= 4 is 26.9 Å². The average molecular weight is 344 g/mol. The summed E-state index contributed by atoms with van der Waals surface area (Å²) in [5.74, 6) is 0.792. The molecule has 0 fully saturated rings. The topological polar surface area (TPSA) is 39.2 Å². The third-order valence-electron chi connectivity index (χ3n) is 3.70. The maximum Gasteiger partial charge on any atom is 0.148 e. The van der Waals surface area contributed by atoms with Crippen molar-refractivity contribution in [2.75, 3.05) is 0 Å². The molecule has 1 aromatic heterocycles. The first kappa shape index (κ1) is 14.4. The van der Waals surface area contributed by atoms with Gasteiger partial charge in [0.25, 0.3) is 0 Å². The van der Waals surface area contributed by atoms with Gasteiger partial charge in [0.05, 0.1) is 10.5 Å². The fourth-order valence-electron chi connectivity index (χ4n) is 2.55. The Morgan fingerprint density at radius 3 is 2.57 bits per heavy atom. The predicted octanol–water partition coefficient (Wildman–Crippen LogP) is 5.20. The maximum absolute atomic E-state index is 6.35. The van der Waals surface area contributed by atoms with E-state index < -0.39 is 0 Å². The van der Waals surface area contributed by atoms with Crippen LogP contribution in [0, 0.1) is 0 Å². The molecule has 0 saturated carbocycles. The number of nitrogens with two attached hydrogens (primary N) is 1. The highest BCUT2D eigenvalue weighted by molar-refractivity contribution is 9.10. The fourth-order valence-corrected chi connectivity index (χ4v) is 3.01. The van der Waals surface area contributed by atoms with Crippen LogP contribution in [0.2, 0.25) is 0 Å². The van der Waals surface area contributed by atoms with Gasteiger partial charge in [-0.2, -0.15) is 0 Å². The van der Waals surface area contributed by atoms with Crippen LogP contribution in [0.15, 0.2) is 57.4 Å². The number of para-hydroxylation sites is 1. The maximum atomic E-state index is 6.35. The Balaban J connectivity index is 1.92. The number of fused-ring (bicyclic) bond motifs is 1. The zero-order chi connectivity index (χ0) is 14.8. The van der Waals surface area contributed by atoms with Crippen molar-refractivity contribution in [1.29, 1.82) is 0 Å². The van der Waals surface area contributed by atoms with Crippen LogP contribution in [0.5, 0.6) is 0 Å². The summed E-state index contributed by atoms with van der Waals surface area (Å²) in [6.45, 7) is 2.19. The van der Waals surface area contributed by atoms with Gasteiger partial charge in [0, 0.05) is 5.39 Å². The summed E-state index contributed by atoms with van der Waals surface area (Å²) in [6.07, 6.45) is 2.26. The SMILES string of the molecule is CCCc1ccc(C(N)c2cc3cccc(Br)c3o2)cc1. The van der Waals surface area contributed by atoms with Gasteiger partial charge in [0.15, 0.2) is 0 Å². The van der Waals surface area contributed by atoms with E-state index in [4.69, 9.17) is 10.2 Å². The van der Waals surface area contributed by atoms with Gasteiger partial charge in [-0.05, 0) is 45.6 Å². The lowest BCUT2D eigenvalue weighted by Crippen LogP contribution is -2.10. The van der Waals surface area contributed by atoms with E-state index in [0.717, 1.165) is 39.6 Å². The molecule has 0 aliphatic carbocycles. The number of furan rings is 1. The molecule has 3 aromatic rings. The number of hydrogen-bond donors (Lipinski definition) is 1. The van der Waals surface area contributed by atoms with Gasteiger partial charge in [-0.15, -0.1) is 0 Å². The highest BCUT2D eigenvalue weighted by Gasteiger charge is 2.15. The monoisotopic (exact) mass is 343 g/mol. The minimum atomic E-state index is -0.236. The molecule has 2 aromatic carbocycles. The Morgan fingerprint density at radius 2 is 1.90 bits per heavy atom. The van der Waals surface area contributed by atoms with Crippen molar-refractivity contribution in [3.8, 4) is 0 Å². The normalized spacial score (nSPS) is 12.7. The van der Waals surface area contributed by atoms with Gasteiger partial charge in [-0.25, -0.2) is 0 Å². The minimum absolute atomic E-state index is 0.236. The number of rotatable bonds is 4. The van der Waals surface area contributed by atoms with Gasteiger partial charge in [-0.3, -0.25) is 0 Å². The second-order valence-electron chi connectivity index (χ2n) is 5.28. The van der Waals surface area contributed by atoms with Gasteiger partial charge >= 0.3 is 0 Å². The van der Waals surface area contributed by atoms with Crippen molar-refractivity contribution in [3.63, 3.8) is 0 Å². The van der Waals surface area contributed by atoms with E-state index in [9.17, 15) is 0 Å². The van der Waals surface area contributed by atoms with Crippen molar-refractivity contribution in [2.45, 2.75) is 25.8 Å². The molecule has 0 aliphatic heterocycles. The first-order valence-corrected chi connectivity index (χ1v) is 8.00. The fraction of sp³-hybridized carbons (Fsp3) is 0.222. The first-order valence-electron chi connectivity index (χ1n) is 7.21. The average Bonchev–Trinajstić information content (AvgIpc) is 2.93. The lowest BCUT2D eigenvalue weighted by Gasteiger charge is -2.10. The van der Waals surface area contributed by atoms with Gasteiger partial charge in [-0.1, -0.05) is 49.7 Å². The molecule has 0 spiro atoms. The van der Waals surface area contributed by atoms with Crippen molar-refractivity contribution in [3.05, 3.63) is 69.9 Å². The number of benzene rings is 2. The molecule has 3 rings (SSSR count). The molecule has 0 amide bonds. The largest absolute Gasteiger partial charge is 0.458 e. The molecule has 1 heterocycles. The minimum Gasteiger partial charge on any atom is -0.458 e. The molecule has 0 aliphatic rings. The molecule has 1 atom stereocenters. The van der Waals surface area contributed by atoms with Crippen molar-refractivity contribution in [1.82, 2.24) is 0 Å². The molecule has 0 saturated heterocycles. The summed E-state index contributed by atoms with van der Waals surface area (Å²) in [6, 6.07) is 16.3. The Labute approximate surface area is 133 Å².